The van der Waals surface area contributed by atoms with E-state index in [-0.39, 0.29) is 21.5 Å². The Bertz CT molecular complexity index is 1080. The van der Waals surface area contributed by atoms with E-state index in [0.717, 1.165) is 11.8 Å². The molecule has 146 valence electrons. The van der Waals surface area contributed by atoms with Gasteiger partial charge in [-0.3, -0.25) is 19.8 Å². The number of hydrogen-bond acceptors (Lipinski definition) is 7. The largest absolute Gasteiger partial charge is 0.465 e. The smallest absolute Gasteiger partial charge is 0.339 e. The predicted molar refractivity (Wildman–Crippen MR) is 116 cm³/mol. The molecule has 9 heteroatoms. The molecule has 0 N–H and O–H groups in total. The highest BCUT2D eigenvalue weighted by molar-refractivity contribution is 8.27. The van der Waals surface area contributed by atoms with Crippen LogP contribution in [0.3, 0.4) is 0 Å². The summed E-state index contributed by atoms with van der Waals surface area (Å²) in [6.45, 7) is 0. The zero-order valence-corrected chi connectivity index (χ0v) is 16.7. The van der Waals surface area contributed by atoms with E-state index >= 15 is 0 Å². The lowest BCUT2D eigenvalue weighted by Gasteiger charge is -2.17. The molecule has 0 unspecified atom stereocenters. The number of anilines is 1. The third-order valence-corrected chi connectivity index (χ3v) is 5.32. The Morgan fingerprint density at radius 3 is 2.62 bits per heavy atom. The lowest BCUT2D eigenvalue weighted by atomic mass is 10.1. The van der Waals surface area contributed by atoms with Gasteiger partial charge in [0.1, 0.15) is 0 Å². The number of ether oxygens (including phenoxy) is 1. The number of para-hydroxylation sites is 2. The molecule has 0 aromatic heterocycles. The van der Waals surface area contributed by atoms with Crippen molar-refractivity contribution >= 4 is 57.6 Å². The van der Waals surface area contributed by atoms with E-state index in [9.17, 15) is 19.7 Å². The van der Waals surface area contributed by atoms with Crippen LogP contribution < -0.4 is 4.90 Å². The van der Waals surface area contributed by atoms with Crippen LogP contribution in [0.5, 0.6) is 0 Å². The number of carbonyl (C=O) groups is 2. The number of carbonyl (C=O) groups excluding carboxylic acids is 2. The molecule has 1 saturated heterocycles. The quantitative estimate of drug-likeness (QED) is 0.231. The number of thioether (sulfide) groups is 1. The molecule has 7 nitrogen and oxygen atoms in total. The van der Waals surface area contributed by atoms with Gasteiger partial charge < -0.3 is 4.74 Å². The van der Waals surface area contributed by atoms with Gasteiger partial charge in [-0.1, -0.05) is 54.3 Å². The number of benzene rings is 2. The molecular formula is C20H14N2O5S2. The van der Waals surface area contributed by atoms with Crippen molar-refractivity contribution < 1.29 is 19.2 Å². The van der Waals surface area contributed by atoms with Crippen LogP contribution in [0.15, 0.2) is 65.6 Å². The van der Waals surface area contributed by atoms with Gasteiger partial charge in [-0.2, -0.15) is 0 Å². The van der Waals surface area contributed by atoms with Crippen molar-refractivity contribution in [3.05, 3.63) is 86.8 Å². The lowest BCUT2D eigenvalue weighted by molar-refractivity contribution is -0.385. The van der Waals surface area contributed by atoms with Crippen LogP contribution in [0, 0.1) is 10.1 Å². The molecule has 1 amide bonds. The number of esters is 1. The Labute approximate surface area is 175 Å². The van der Waals surface area contributed by atoms with Crippen molar-refractivity contribution in [3.63, 3.8) is 0 Å². The van der Waals surface area contributed by atoms with E-state index in [1.807, 2.05) is 0 Å². The van der Waals surface area contributed by atoms with Crippen molar-refractivity contribution in [2.45, 2.75) is 0 Å². The van der Waals surface area contributed by atoms with Gasteiger partial charge in [0.15, 0.2) is 4.32 Å². The summed E-state index contributed by atoms with van der Waals surface area (Å²) in [4.78, 5) is 37.1. The first-order valence-corrected chi connectivity index (χ1v) is 9.52. The lowest BCUT2D eigenvalue weighted by Crippen LogP contribution is -2.29. The van der Waals surface area contributed by atoms with Gasteiger partial charge in [0.2, 0.25) is 0 Å². The van der Waals surface area contributed by atoms with Crippen molar-refractivity contribution in [3.8, 4) is 0 Å². The number of nitro groups is 1. The minimum atomic E-state index is -0.574. The average Bonchev–Trinajstić information content (AvgIpc) is 3.00. The fourth-order valence-corrected chi connectivity index (χ4v) is 3.91. The Kier molecular flexibility index (Phi) is 6.20. The summed E-state index contributed by atoms with van der Waals surface area (Å²) >= 11 is 6.40. The van der Waals surface area contributed by atoms with Gasteiger partial charge in [0.25, 0.3) is 11.6 Å². The topological polar surface area (TPSA) is 89.8 Å². The van der Waals surface area contributed by atoms with Crippen LogP contribution in [-0.2, 0) is 9.53 Å². The molecule has 1 aliphatic heterocycles. The number of rotatable bonds is 5. The number of thiocarbonyl (C=S) groups is 1. The molecule has 0 aliphatic carbocycles. The van der Waals surface area contributed by atoms with Crippen molar-refractivity contribution in [2.75, 3.05) is 12.0 Å². The van der Waals surface area contributed by atoms with Crippen LogP contribution in [0.1, 0.15) is 15.9 Å². The second-order valence-corrected chi connectivity index (χ2v) is 7.40. The minimum Gasteiger partial charge on any atom is -0.465 e. The second kappa shape index (κ2) is 8.80. The maximum absolute atomic E-state index is 12.9. The average molecular weight is 426 g/mol. The first kappa shape index (κ1) is 20.4. The van der Waals surface area contributed by atoms with Crippen molar-refractivity contribution in [2.24, 2.45) is 0 Å². The fourth-order valence-electron chi connectivity index (χ4n) is 2.67. The Balaban J connectivity index is 1.89. The maximum atomic E-state index is 12.9. The van der Waals surface area contributed by atoms with E-state index in [4.69, 9.17) is 17.0 Å². The first-order valence-electron chi connectivity index (χ1n) is 8.29. The highest BCUT2D eigenvalue weighted by Gasteiger charge is 2.35. The first-order chi connectivity index (χ1) is 13.9. The molecule has 1 heterocycles. The molecular weight excluding hydrogens is 412 g/mol. The van der Waals surface area contributed by atoms with E-state index in [1.54, 1.807) is 54.6 Å². The number of nitro benzene ring substituents is 1. The second-order valence-electron chi connectivity index (χ2n) is 5.72. The third-order valence-electron chi connectivity index (χ3n) is 4.00. The van der Waals surface area contributed by atoms with E-state index in [1.165, 1.54) is 24.2 Å². The van der Waals surface area contributed by atoms with Gasteiger partial charge >= 0.3 is 5.97 Å². The SMILES string of the molecule is COC(=O)c1ccccc1N1C(=O)/C(=C/C=C/c2ccccc2[N+](=O)[O-])SC1=S. The number of hydrogen-bond donors (Lipinski definition) is 0. The zero-order chi connectivity index (χ0) is 21.0. The summed E-state index contributed by atoms with van der Waals surface area (Å²) in [6.07, 6.45) is 4.64. The van der Waals surface area contributed by atoms with Crippen LogP contribution >= 0.6 is 24.0 Å². The number of allylic oxidation sites excluding steroid dienone is 2. The number of nitrogens with zero attached hydrogens (tertiary/aromatic N) is 2. The molecule has 0 spiro atoms. The van der Waals surface area contributed by atoms with Gasteiger partial charge in [-0.15, -0.1) is 0 Å². The van der Waals surface area contributed by atoms with Crippen molar-refractivity contribution in [1.82, 2.24) is 0 Å². The fraction of sp³-hybridized carbons (Fsp3) is 0.0500. The standard InChI is InChI=1S/C20H14N2O5S2/c1-27-19(24)14-9-3-5-11-16(14)21-18(23)17(29-20(21)28)12-6-8-13-7-2-4-10-15(13)22(25)26/h2-12H,1H3/b8-6+,17-12-. The third kappa shape index (κ3) is 4.25. The molecule has 3 rings (SSSR count). The molecule has 29 heavy (non-hydrogen) atoms. The van der Waals surface area contributed by atoms with Crippen LogP contribution in [0.2, 0.25) is 0 Å². The number of amides is 1. The van der Waals surface area contributed by atoms with Gasteiger partial charge in [0.05, 0.1) is 33.8 Å². The summed E-state index contributed by atoms with van der Waals surface area (Å²) in [5, 5.41) is 11.1. The van der Waals surface area contributed by atoms with E-state index in [2.05, 4.69) is 0 Å². The molecule has 0 radical (unpaired) electrons. The monoisotopic (exact) mass is 426 g/mol. The number of methoxy groups -OCH3 is 1. The molecule has 0 atom stereocenters. The summed E-state index contributed by atoms with van der Waals surface area (Å²) in [6, 6.07) is 12.8. The molecule has 1 aliphatic rings. The van der Waals surface area contributed by atoms with Gasteiger partial charge in [0, 0.05) is 6.07 Å². The normalized spacial score (nSPS) is 15.3. The molecule has 0 saturated carbocycles. The summed E-state index contributed by atoms with van der Waals surface area (Å²) in [5.41, 5.74) is 0.952. The Morgan fingerprint density at radius 2 is 1.90 bits per heavy atom. The Hall–Kier alpha value is -3.30. The summed E-state index contributed by atoms with van der Waals surface area (Å²) in [5.74, 6) is -0.960. The Morgan fingerprint density at radius 1 is 1.21 bits per heavy atom. The van der Waals surface area contributed by atoms with Crippen molar-refractivity contribution in [1.29, 1.82) is 0 Å². The molecule has 0 bridgehead atoms. The molecule has 2 aromatic rings. The van der Waals surface area contributed by atoms with E-state index in [0.29, 0.717) is 16.2 Å². The van der Waals surface area contributed by atoms with Gasteiger partial charge in [-0.05, 0) is 30.4 Å². The van der Waals surface area contributed by atoms with Crippen LogP contribution in [0.25, 0.3) is 6.08 Å². The highest BCUT2D eigenvalue weighted by atomic mass is 32.2. The summed E-state index contributed by atoms with van der Waals surface area (Å²) < 4.78 is 5.05. The van der Waals surface area contributed by atoms with E-state index < -0.39 is 10.9 Å². The predicted octanol–water partition coefficient (Wildman–Crippen LogP) is 4.34. The molecule has 2 aromatic carbocycles. The van der Waals surface area contributed by atoms with Gasteiger partial charge in [-0.25, -0.2) is 4.79 Å². The summed E-state index contributed by atoms with van der Waals surface area (Å²) in [7, 11) is 1.26. The minimum absolute atomic E-state index is 0.0308. The maximum Gasteiger partial charge on any atom is 0.339 e. The van der Waals surface area contributed by atoms with Crippen LogP contribution in [0.4, 0.5) is 11.4 Å². The van der Waals surface area contributed by atoms with Crippen LogP contribution in [-0.4, -0.2) is 28.2 Å². The highest BCUT2D eigenvalue weighted by Crippen LogP contribution is 2.36. The zero-order valence-electron chi connectivity index (χ0n) is 15.1. The molecule has 1 fully saturated rings.